The molecular weight excluding hydrogens is 526 g/mol. The SMILES string of the molecule is COc1cccc(N2CCN(CCCNC(=O)Nc3cccc(C4C(C(=O)O)=C(C)NC(C)=C4C(=O)O)c3)CC2)c1. The van der Waals surface area contributed by atoms with Crippen molar-refractivity contribution in [3.8, 4) is 5.75 Å². The molecule has 2 aromatic rings. The molecule has 4 rings (SSSR count). The number of rotatable bonds is 10. The van der Waals surface area contributed by atoms with E-state index in [4.69, 9.17) is 4.74 Å². The lowest BCUT2D eigenvalue weighted by Gasteiger charge is -2.36. The summed E-state index contributed by atoms with van der Waals surface area (Å²) in [7, 11) is 1.67. The number of carboxylic acid groups (broad SMARTS) is 2. The highest BCUT2D eigenvalue weighted by molar-refractivity contribution is 5.98. The van der Waals surface area contributed by atoms with Gasteiger partial charge in [-0.15, -0.1) is 0 Å². The normalized spacial score (nSPS) is 16.3. The van der Waals surface area contributed by atoms with Crippen LogP contribution in [0, 0.1) is 0 Å². The van der Waals surface area contributed by atoms with Crippen molar-refractivity contribution < 1.29 is 29.3 Å². The Labute approximate surface area is 239 Å². The number of nitrogens with zero attached hydrogens (tertiary/aromatic N) is 2. The fourth-order valence-corrected chi connectivity index (χ4v) is 5.41. The van der Waals surface area contributed by atoms with Crippen LogP contribution in [-0.2, 0) is 9.59 Å². The third-order valence-corrected chi connectivity index (χ3v) is 7.43. The smallest absolute Gasteiger partial charge is 0.334 e. The number of hydrogen-bond donors (Lipinski definition) is 5. The molecule has 0 atom stereocenters. The molecule has 11 heteroatoms. The molecule has 1 fully saturated rings. The summed E-state index contributed by atoms with van der Waals surface area (Å²) in [4.78, 5) is 41.4. The lowest BCUT2D eigenvalue weighted by atomic mass is 9.80. The van der Waals surface area contributed by atoms with Gasteiger partial charge in [0, 0.05) is 61.6 Å². The maximum Gasteiger partial charge on any atom is 0.334 e. The number of dihydropyridines is 1. The minimum absolute atomic E-state index is 0.0427. The van der Waals surface area contributed by atoms with Crippen LogP contribution >= 0.6 is 0 Å². The van der Waals surface area contributed by atoms with Crippen molar-refractivity contribution in [1.82, 2.24) is 15.5 Å². The Hall–Kier alpha value is -4.51. The number of aliphatic carboxylic acids is 2. The van der Waals surface area contributed by atoms with E-state index in [1.807, 2.05) is 18.2 Å². The number of amides is 2. The zero-order valence-electron chi connectivity index (χ0n) is 23.6. The van der Waals surface area contributed by atoms with Gasteiger partial charge in [0.2, 0.25) is 0 Å². The third-order valence-electron chi connectivity index (χ3n) is 7.43. The highest BCUT2D eigenvalue weighted by Crippen LogP contribution is 2.39. The van der Waals surface area contributed by atoms with E-state index in [2.05, 4.69) is 31.8 Å². The number of carboxylic acids is 2. The Morgan fingerprint density at radius 3 is 2.24 bits per heavy atom. The Bertz CT molecular complexity index is 1330. The van der Waals surface area contributed by atoms with Gasteiger partial charge in [-0.25, -0.2) is 14.4 Å². The number of methoxy groups -OCH3 is 1. The summed E-state index contributed by atoms with van der Waals surface area (Å²) in [6.45, 7) is 8.28. The van der Waals surface area contributed by atoms with Gasteiger partial charge in [-0.05, 0) is 56.6 Å². The van der Waals surface area contributed by atoms with Gasteiger partial charge in [-0.2, -0.15) is 0 Å². The second-order valence-corrected chi connectivity index (χ2v) is 10.1. The van der Waals surface area contributed by atoms with Crippen LogP contribution in [0.25, 0.3) is 0 Å². The van der Waals surface area contributed by atoms with Gasteiger partial charge in [0.05, 0.1) is 24.2 Å². The van der Waals surface area contributed by atoms with Crippen molar-refractivity contribution in [3.05, 3.63) is 76.6 Å². The highest BCUT2D eigenvalue weighted by Gasteiger charge is 2.36. The summed E-state index contributed by atoms with van der Waals surface area (Å²) >= 11 is 0. The van der Waals surface area contributed by atoms with Gasteiger partial charge < -0.3 is 35.8 Å². The second kappa shape index (κ2) is 13.2. The van der Waals surface area contributed by atoms with Crippen molar-refractivity contribution in [2.24, 2.45) is 0 Å². The Morgan fingerprint density at radius 2 is 1.61 bits per heavy atom. The van der Waals surface area contributed by atoms with E-state index in [-0.39, 0.29) is 17.2 Å². The number of carbonyl (C=O) groups excluding carboxylic acids is 1. The third kappa shape index (κ3) is 7.17. The molecule has 1 saturated heterocycles. The zero-order chi connectivity index (χ0) is 29.5. The molecule has 41 heavy (non-hydrogen) atoms. The van der Waals surface area contributed by atoms with E-state index < -0.39 is 17.9 Å². The van der Waals surface area contributed by atoms with E-state index in [0.717, 1.165) is 50.6 Å². The summed E-state index contributed by atoms with van der Waals surface area (Å²) in [5.74, 6) is -2.55. The maximum atomic E-state index is 12.6. The van der Waals surface area contributed by atoms with Crippen LogP contribution in [0.1, 0.15) is 31.7 Å². The topological polar surface area (TPSA) is 143 Å². The van der Waals surface area contributed by atoms with Crippen molar-refractivity contribution in [3.63, 3.8) is 0 Å². The van der Waals surface area contributed by atoms with E-state index in [9.17, 15) is 24.6 Å². The van der Waals surface area contributed by atoms with Crippen LogP contribution in [-0.4, -0.2) is 79.5 Å². The molecule has 0 spiro atoms. The largest absolute Gasteiger partial charge is 0.497 e. The van der Waals surface area contributed by atoms with E-state index in [1.54, 1.807) is 45.2 Å². The van der Waals surface area contributed by atoms with E-state index in [0.29, 0.717) is 29.2 Å². The molecule has 218 valence electrons. The summed E-state index contributed by atoms with van der Waals surface area (Å²) in [5.41, 5.74) is 2.73. The molecule has 0 unspecified atom stereocenters. The van der Waals surface area contributed by atoms with Gasteiger partial charge in [0.1, 0.15) is 5.75 Å². The zero-order valence-corrected chi connectivity index (χ0v) is 23.6. The second-order valence-electron chi connectivity index (χ2n) is 10.1. The minimum Gasteiger partial charge on any atom is -0.497 e. The molecule has 2 amide bonds. The van der Waals surface area contributed by atoms with Crippen LogP contribution < -0.4 is 25.6 Å². The number of hydrogen-bond acceptors (Lipinski definition) is 7. The first kappa shape index (κ1) is 29.5. The lowest BCUT2D eigenvalue weighted by molar-refractivity contribution is -0.133. The van der Waals surface area contributed by atoms with Crippen LogP contribution in [0.5, 0.6) is 5.75 Å². The number of anilines is 2. The molecule has 0 bridgehead atoms. The molecule has 11 nitrogen and oxygen atoms in total. The summed E-state index contributed by atoms with van der Waals surface area (Å²) in [6.07, 6.45) is 0.791. The van der Waals surface area contributed by atoms with Crippen molar-refractivity contribution in [1.29, 1.82) is 0 Å². The number of ether oxygens (including phenoxy) is 1. The maximum absolute atomic E-state index is 12.6. The molecular formula is C30H37N5O6. The van der Waals surface area contributed by atoms with Crippen molar-refractivity contribution in [2.75, 3.05) is 56.6 Å². The van der Waals surface area contributed by atoms with Gasteiger partial charge in [0.15, 0.2) is 0 Å². The van der Waals surface area contributed by atoms with Gasteiger partial charge in [-0.1, -0.05) is 18.2 Å². The number of urea groups is 1. The van der Waals surface area contributed by atoms with Crippen LogP contribution in [0.2, 0.25) is 0 Å². The molecule has 2 heterocycles. The Morgan fingerprint density at radius 1 is 0.951 bits per heavy atom. The van der Waals surface area contributed by atoms with Crippen LogP contribution in [0.3, 0.4) is 0 Å². The fraction of sp³-hybridized carbons (Fsp3) is 0.367. The fourth-order valence-electron chi connectivity index (χ4n) is 5.41. The minimum atomic E-state index is -1.20. The number of nitrogens with one attached hydrogen (secondary N) is 3. The summed E-state index contributed by atoms with van der Waals surface area (Å²) in [5, 5.41) is 28.2. The average molecular weight is 564 g/mol. The molecule has 0 saturated carbocycles. The Balaban J connectivity index is 1.28. The first-order valence-electron chi connectivity index (χ1n) is 13.6. The summed E-state index contributed by atoms with van der Waals surface area (Å²) in [6, 6.07) is 14.3. The molecule has 5 N–H and O–H groups in total. The number of carbonyl (C=O) groups is 3. The van der Waals surface area contributed by atoms with Crippen molar-refractivity contribution in [2.45, 2.75) is 26.2 Å². The molecule has 0 radical (unpaired) electrons. The van der Waals surface area contributed by atoms with Crippen LogP contribution in [0.15, 0.2) is 71.1 Å². The standard InChI is InChI=1S/C30H37N5O6/c1-19-25(28(36)37)27(26(29(38)39)20(2)32-19)21-7-4-8-22(17-21)33-30(40)31-11-6-12-34-13-15-35(16-14-34)23-9-5-10-24(18-23)41-3/h4-5,7-10,17-18,27,32H,6,11-16H2,1-3H3,(H,36,37)(H,38,39)(H2,31,33,40). The molecule has 0 aliphatic carbocycles. The van der Waals surface area contributed by atoms with E-state index >= 15 is 0 Å². The van der Waals surface area contributed by atoms with Gasteiger partial charge in [0.25, 0.3) is 0 Å². The molecule has 2 aliphatic rings. The summed E-state index contributed by atoms with van der Waals surface area (Å²) < 4.78 is 5.33. The van der Waals surface area contributed by atoms with Gasteiger partial charge in [-0.3, -0.25) is 4.90 Å². The van der Waals surface area contributed by atoms with Crippen LogP contribution in [0.4, 0.5) is 16.2 Å². The highest BCUT2D eigenvalue weighted by atomic mass is 16.5. The number of benzene rings is 2. The molecule has 0 aromatic heterocycles. The molecule has 2 aromatic carbocycles. The monoisotopic (exact) mass is 563 g/mol. The average Bonchev–Trinajstić information content (AvgIpc) is 2.95. The predicted molar refractivity (Wildman–Crippen MR) is 156 cm³/mol. The van der Waals surface area contributed by atoms with E-state index in [1.165, 1.54) is 0 Å². The quantitative estimate of drug-likeness (QED) is 0.275. The first-order valence-corrected chi connectivity index (χ1v) is 13.6. The molecule has 2 aliphatic heterocycles. The van der Waals surface area contributed by atoms with Crippen molar-refractivity contribution >= 4 is 29.3 Å². The Kier molecular flexibility index (Phi) is 9.51. The van der Waals surface area contributed by atoms with Gasteiger partial charge >= 0.3 is 18.0 Å². The lowest BCUT2D eigenvalue weighted by Crippen LogP contribution is -2.47. The number of piperazine rings is 1. The predicted octanol–water partition coefficient (Wildman–Crippen LogP) is 3.43. The first-order chi connectivity index (χ1) is 19.7. The number of allylic oxidation sites excluding steroid dienone is 2.